The molecule has 1 aromatic rings. The number of alkyl halides is 2. The van der Waals surface area contributed by atoms with Crippen LogP contribution in [0.4, 0.5) is 18.9 Å². The number of aliphatic hydroxyl groups is 1. The summed E-state index contributed by atoms with van der Waals surface area (Å²) >= 11 is 0. The van der Waals surface area contributed by atoms with E-state index in [0.717, 1.165) is 18.2 Å². The molecule has 0 amide bonds. The maximum absolute atomic E-state index is 13.2. The fraction of sp³-hybridized carbons (Fsp3) is 0.200. The lowest BCUT2D eigenvalue weighted by Gasteiger charge is -2.07. The number of benzene rings is 1. The summed E-state index contributed by atoms with van der Waals surface area (Å²) in [4.78, 5) is 0. The van der Waals surface area contributed by atoms with E-state index in [2.05, 4.69) is 11.8 Å². The number of nitrogens with one attached hydrogen (secondary N) is 1. The van der Waals surface area contributed by atoms with Crippen molar-refractivity contribution in [1.29, 1.82) is 0 Å². The second-order valence-electron chi connectivity index (χ2n) is 3.06. The van der Waals surface area contributed by atoms with Gasteiger partial charge in [0.15, 0.2) is 0 Å². The summed E-state index contributed by atoms with van der Waals surface area (Å²) in [5.74, 6) is 0.0369. The average Bonchev–Trinajstić information content (AvgIpc) is 2.29. The number of sulfonamides is 1. The van der Waals surface area contributed by atoms with Crippen LogP contribution < -0.4 is 4.72 Å². The maximum Gasteiger partial charge on any atom is 0.355 e. The number of halogens is 3. The average molecular weight is 279 g/mol. The van der Waals surface area contributed by atoms with Crippen molar-refractivity contribution >= 4 is 15.7 Å². The first-order valence-corrected chi connectivity index (χ1v) is 6.10. The van der Waals surface area contributed by atoms with Gasteiger partial charge in [0.25, 0.3) is 10.0 Å². The molecule has 0 saturated carbocycles. The summed E-state index contributed by atoms with van der Waals surface area (Å²) in [6, 6.07) is 2.82. The van der Waals surface area contributed by atoms with Crippen molar-refractivity contribution in [2.45, 2.75) is 5.76 Å². The van der Waals surface area contributed by atoms with E-state index in [4.69, 9.17) is 5.11 Å². The third-order valence-electron chi connectivity index (χ3n) is 1.76. The smallest absolute Gasteiger partial charge is 0.355 e. The molecule has 0 aliphatic rings. The summed E-state index contributed by atoms with van der Waals surface area (Å²) in [7, 11) is -4.80. The molecule has 8 heteroatoms. The molecule has 0 aliphatic carbocycles. The van der Waals surface area contributed by atoms with Gasteiger partial charge in [-0.25, -0.2) is 12.8 Å². The molecule has 0 aromatic heterocycles. The van der Waals surface area contributed by atoms with E-state index in [1.165, 1.54) is 0 Å². The van der Waals surface area contributed by atoms with E-state index in [9.17, 15) is 21.6 Å². The predicted molar refractivity (Wildman–Crippen MR) is 58.9 cm³/mol. The van der Waals surface area contributed by atoms with Crippen molar-refractivity contribution in [2.75, 3.05) is 11.3 Å². The summed E-state index contributed by atoms with van der Waals surface area (Å²) in [6.45, 7) is -0.508. The third kappa shape index (κ3) is 3.65. The van der Waals surface area contributed by atoms with Crippen LogP contribution >= 0.6 is 0 Å². The molecule has 1 rings (SSSR count). The van der Waals surface area contributed by atoms with Crippen LogP contribution in [0.3, 0.4) is 0 Å². The minimum atomic E-state index is -4.80. The number of hydrogen-bond acceptors (Lipinski definition) is 3. The topological polar surface area (TPSA) is 66.4 Å². The summed E-state index contributed by atoms with van der Waals surface area (Å²) in [6.07, 6.45) is 0. The van der Waals surface area contributed by atoms with Crippen LogP contribution in [0.5, 0.6) is 0 Å². The number of rotatable bonds is 3. The lowest BCUT2D eigenvalue weighted by atomic mass is 10.2. The second kappa shape index (κ2) is 5.75. The largest absolute Gasteiger partial charge is 0.384 e. The summed E-state index contributed by atoms with van der Waals surface area (Å²) < 4.78 is 60.7. The minimum absolute atomic E-state index is 0.210. The summed E-state index contributed by atoms with van der Waals surface area (Å²) in [5, 5.41) is 8.44. The maximum atomic E-state index is 13.2. The van der Waals surface area contributed by atoms with Crippen LogP contribution in [0.2, 0.25) is 0 Å². The van der Waals surface area contributed by atoms with Gasteiger partial charge in [0.05, 0.1) is 11.3 Å². The molecular weight excluding hydrogens is 271 g/mol. The first-order chi connectivity index (χ1) is 8.36. The Kier molecular flexibility index (Phi) is 4.58. The van der Waals surface area contributed by atoms with Crippen LogP contribution in [-0.2, 0) is 10.0 Å². The molecule has 0 heterocycles. The lowest BCUT2D eigenvalue weighted by molar-refractivity contribution is 0.236. The Balaban J connectivity index is 3.06. The Labute approximate surface area is 101 Å². The molecular formula is C10H8F3NO3S. The monoisotopic (exact) mass is 279 g/mol. The molecule has 0 fully saturated rings. The van der Waals surface area contributed by atoms with Gasteiger partial charge in [0, 0.05) is 0 Å². The van der Waals surface area contributed by atoms with E-state index in [-0.39, 0.29) is 11.3 Å². The minimum Gasteiger partial charge on any atom is -0.384 e. The molecule has 0 atom stereocenters. The van der Waals surface area contributed by atoms with Crippen molar-refractivity contribution in [1.82, 2.24) is 0 Å². The zero-order valence-corrected chi connectivity index (χ0v) is 9.64. The van der Waals surface area contributed by atoms with Gasteiger partial charge in [-0.3, -0.25) is 4.72 Å². The molecule has 0 saturated heterocycles. The van der Waals surface area contributed by atoms with Crippen molar-refractivity contribution in [3.05, 3.63) is 29.6 Å². The standard InChI is InChI=1S/C10H8F3NO3S/c11-9-4-3-8(6-7(9)2-1-5-15)14-18(16,17)10(12)13/h3-4,6,10,14-15H,5H2. The highest BCUT2D eigenvalue weighted by Crippen LogP contribution is 2.17. The molecule has 0 aliphatic heterocycles. The highest BCUT2D eigenvalue weighted by atomic mass is 32.2. The Hall–Kier alpha value is -1.72. The Bertz CT molecular complexity index is 590. The number of hydrogen-bond donors (Lipinski definition) is 2. The van der Waals surface area contributed by atoms with Gasteiger partial charge in [-0.15, -0.1) is 0 Å². The van der Waals surface area contributed by atoms with E-state index in [0.29, 0.717) is 0 Å². The first-order valence-electron chi connectivity index (χ1n) is 4.56. The highest BCUT2D eigenvalue weighted by Gasteiger charge is 2.23. The van der Waals surface area contributed by atoms with E-state index in [1.54, 1.807) is 4.72 Å². The van der Waals surface area contributed by atoms with Crippen LogP contribution in [0, 0.1) is 17.7 Å². The van der Waals surface area contributed by atoms with Crippen molar-refractivity contribution in [2.24, 2.45) is 0 Å². The molecule has 2 N–H and O–H groups in total. The van der Waals surface area contributed by atoms with Crippen LogP contribution in [0.15, 0.2) is 18.2 Å². The van der Waals surface area contributed by atoms with Gasteiger partial charge in [-0.1, -0.05) is 11.8 Å². The van der Waals surface area contributed by atoms with Gasteiger partial charge >= 0.3 is 5.76 Å². The van der Waals surface area contributed by atoms with E-state index < -0.39 is 28.2 Å². The molecule has 1 aromatic carbocycles. The first kappa shape index (κ1) is 14.3. The van der Waals surface area contributed by atoms with Gasteiger partial charge in [-0.05, 0) is 18.2 Å². The Morgan fingerprint density at radius 1 is 1.39 bits per heavy atom. The predicted octanol–water partition coefficient (Wildman–Crippen LogP) is 1.13. The fourth-order valence-corrected chi connectivity index (χ4v) is 1.57. The fourth-order valence-electron chi connectivity index (χ4n) is 1.03. The van der Waals surface area contributed by atoms with Crippen molar-refractivity contribution in [3.63, 3.8) is 0 Å². The number of anilines is 1. The molecule has 4 nitrogen and oxygen atoms in total. The zero-order valence-electron chi connectivity index (χ0n) is 8.82. The van der Waals surface area contributed by atoms with Crippen LogP contribution in [0.25, 0.3) is 0 Å². The van der Waals surface area contributed by atoms with Gasteiger partial charge in [0.2, 0.25) is 0 Å². The highest BCUT2D eigenvalue weighted by molar-refractivity contribution is 7.93. The van der Waals surface area contributed by atoms with E-state index >= 15 is 0 Å². The normalized spacial score (nSPS) is 10.9. The van der Waals surface area contributed by atoms with Gasteiger partial charge in [-0.2, -0.15) is 8.78 Å². The molecule has 98 valence electrons. The second-order valence-corrected chi connectivity index (χ2v) is 4.71. The molecule has 18 heavy (non-hydrogen) atoms. The van der Waals surface area contributed by atoms with Crippen LogP contribution in [-0.4, -0.2) is 25.9 Å². The summed E-state index contributed by atoms with van der Waals surface area (Å²) in [5.41, 5.74) is -0.447. The Morgan fingerprint density at radius 3 is 2.61 bits per heavy atom. The molecule has 0 spiro atoms. The third-order valence-corrected chi connectivity index (χ3v) is 2.75. The molecule has 0 bridgehead atoms. The van der Waals surface area contributed by atoms with Gasteiger partial charge in [0.1, 0.15) is 12.4 Å². The zero-order chi connectivity index (χ0) is 13.8. The van der Waals surface area contributed by atoms with Crippen molar-refractivity contribution in [3.8, 4) is 11.8 Å². The number of aliphatic hydroxyl groups excluding tert-OH is 1. The molecule has 0 radical (unpaired) electrons. The lowest BCUT2D eigenvalue weighted by Crippen LogP contribution is -2.20. The quantitative estimate of drug-likeness (QED) is 0.815. The molecule has 0 unspecified atom stereocenters. The Morgan fingerprint density at radius 2 is 2.06 bits per heavy atom. The van der Waals surface area contributed by atoms with E-state index in [1.807, 2.05) is 0 Å². The van der Waals surface area contributed by atoms with Gasteiger partial charge < -0.3 is 5.11 Å². The van der Waals surface area contributed by atoms with Crippen molar-refractivity contribution < 1.29 is 26.7 Å². The van der Waals surface area contributed by atoms with Crippen LogP contribution in [0.1, 0.15) is 5.56 Å². The SMILES string of the molecule is O=S(=O)(Nc1ccc(F)c(C#CCO)c1)C(F)F.